The van der Waals surface area contributed by atoms with Crippen molar-refractivity contribution in [1.82, 2.24) is 15.0 Å². The van der Waals surface area contributed by atoms with Crippen LogP contribution in [0, 0.1) is 6.92 Å². The second-order valence-electron chi connectivity index (χ2n) is 6.53. The van der Waals surface area contributed by atoms with Crippen molar-refractivity contribution in [3.63, 3.8) is 0 Å². The summed E-state index contributed by atoms with van der Waals surface area (Å²) in [4.78, 5) is 35.2. The molecule has 0 saturated heterocycles. The second kappa shape index (κ2) is 11.8. The van der Waals surface area contributed by atoms with Crippen LogP contribution >= 0.6 is 12.0 Å². The molecule has 1 atom stereocenters. The first-order valence-corrected chi connectivity index (χ1v) is 10.2. The summed E-state index contributed by atoms with van der Waals surface area (Å²) >= 11 is 0.767. The number of aliphatic carboxylic acids is 2. The van der Waals surface area contributed by atoms with Crippen LogP contribution in [0.25, 0.3) is 0 Å². The van der Waals surface area contributed by atoms with Crippen LogP contribution in [0.4, 0.5) is 5.95 Å². The smallest absolute Gasteiger partial charge is 0.330 e. The van der Waals surface area contributed by atoms with Gasteiger partial charge in [0.05, 0.1) is 18.5 Å². The molecule has 178 valence electrons. The van der Waals surface area contributed by atoms with E-state index in [0.29, 0.717) is 22.0 Å². The first kappa shape index (κ1) is 24.7. The average Bonchev–Trinajstić information content (AvgIpc) is 2.79. The van der Waals surface area contributed by atoms with Crippen molar-refractivity contribution in [3.05, 3.63) is 54.1 Å². The van der Waals surface area contributed by atoms with Crippen molar-refractivity contribution in [1.29, 1.82) is 0 Å². The predicted molar refractivity (Wildman–Crippen MR) is 116 cm³/mol. The fourth-order valence-corrected chi connectivity index (χ4v) is 3.02. The highest BCUT2D eigenvalue weighted by atomic mass is 32.2. The maximum Gasteiger partial charge on any atom is 0.330 e. The van der Waals surface area contributed by atoms with Gasteiger partial charge in [-0.05, 0) is 42.8 Å². The number of carboxylic acid groups (broad SMARTS) is 2. The van der Waals surface area contributed by atoms with Gasteiger partial charge in [0.2, 0.25) is 5.95 Å². The van der Waals surface area contributed by atoms with Gasteiger partial charge in [0.1, 0.15) is 17.5 Å². The zero-order valence-electron chi connectivity index (χ0n) is 17.4. The van der Waals surface area contributed by atoms with Crippen LogP contribution in [0.2, 0.25) is 0 Å². The molecular formula is C20H18N4O9S. The van der Waals surface area contributed by atoms with Crippen molar-refractivity contribution in [2.75, 3.05) is 5.32 Å². The summed E-state index contributed by atoms with van der Waals surface area (Å²) in [5, 5.41) is 32.6. The number of carboxylic acids is 2. The zero-order chi connectivity index (χ0) is 24.5. The molecular weight excluding hydrogens is 472 g/mol. The van der Waals surface area contributed by atoms with E-state index in [0.717, 1.165) is 12.0 Å². The number of hydrogen-bond acceptors (Lipinski definition) is 12. The van der Waals surface area contributed by atoms with Gasteiger partial charge in [0.25, 0.3) is 0 Å². The van der Waals surface area contributed by atoms with Crippen molar-refractivity contribution < 1.29 is 43.9 Å². The minimum absolute atomic E-state index is 0.212. The minimum atomic E-state index is -1.51. The third-order valence-electron chi connectivity index (χ3n) is 4.04. The molecule has 0 aliphatic rings. The lowest BCUT2D eigenvalue weighted by atomic mass is 10.2. The summed E-state index contributed by atoms with van der Waals surface area (Å²) in [6.45, 7) is 1.73. The molecule has 0 fully saturated rings. The summed E-state index contributed by atoms with van der Waals surface area (Å²) in [5.74, 6) is -2.25. The van der Waals surface area contributed by atoms with E-state index in [9.17, 15) is 14.7 Å². The van der Waals surface area contributed by atoms with E-state index in [4.69, 9.17) is 19.8 Å². The number of benzene rings is 2. The first-order valence-electron chi connectivity index (χ1n) is 9.47. The molecule has 3 aromatic rings. The molecule has 0 aliphatic carbocycles. The molecule has 4 N–H and O–H groups in total. The molecule has 34 heavy (non-hydrogen) atoms. The number of nitrogens with zero attached hydrogens (tertiary/aromatic N) is 3. The normalized spacial score (nSPS) is 11.5. The van der Waals surface area contributed by atoms with E-state index in [1.165, 1.54) is 0 Å². The third kappa shape index (κ3) is 7.28. The molecule has 13 nitrogen and oxygen atoms in total. The van der Waals surface area contributed by atoms with E-state index in [-0.39, 0.29) is 18.0 Å². The number of para-hydroxylation sites is 1. The van der Waals surface area contributed by atoms with Crippen molar-refractivity contribution >= 4 is 29.9 Å². The van der Waals surface area contributed by atoms with E-state index >= 15 is 0 Å². The summed E-state index contributed by atoms with van der Waals surface area (Å²) in [6, 6.07) is 11.5. The number of rotatable bonds is 12. The number of hydrogen-bond donors (Lipinski definition) is 4. The Kier molecular flexibility index (Phi) is 8.53. The van der Waals surface area contributed by atoms with E-state index in [2.05, 4.69) is 29.6 Å². The van der Waals surface area contributed by atoms with E-state index < -0.39 is 24.4 Å². The van der Waals surface area contributed by atoms with Crippen LogP contribution in [-0.4, -0.2) is 48.4 Å². The molecule has 0 spiro atoms. The number of aromatic nitrogens is 3. The minimum Gasteiger partial charge on any atom is -0.481 e. The van der Waals surface area contributed by atoms with Crippen LogP contribution < -0.4 is 14.8 Å². The van der Waals surface area contributed by atoms with Gasteiger partial charge in [-0.3, -0.25) is 4.79 Å². The average molecular weight is 490 g/mol. The standard InChI is InChI=1S/C20H18N4O9S/c1-11-9-13(34-33-32-29)7-8-15(11)31-20-23-18(21-14(17(27)28)10-16(25)26)22-19(24-20)30-12-5-3-2-4-6-12/h2-9,14,29H,10H2,1H3,(H,25,26)(H,27,28)(H,21,22,23,24). The van der Waals surface area contributed by atoms with E-state index in [1.54, 1.807) is 55.5 Å². The molecule has 3 rings (SSSR count). The van der Waals surface area contributed by atoms with Crippen LogP contribution in [0.15, 0.2) is 53.4 Å². The predicted octanol–water partition coefficient (Wildman–Crippen LogP) is 3.53. The van der Waals surface area contributed by atoms with Gasteiger partial charge in [-0.25, -0.2) is 10.1 Å². The summed E-state index contributed by atoms with van der Waals surface area (Å²) in [5.41, 5.74) is 0.640. The van der Waals surface area contributed by atoms with Crippen molar-refractivity contribution in [2.45, 2.75) is 24.3 Å². The van der Waals surface area contributed by atoms with Gasteiger partial charge in [0, 0.05) is 4.90 Å². The topological polar surface area (TPSA) is 182 Å². The zero-order valence-corrected chi connectivity index (χ0v) is 18.3. The van der Waals surface area contributed by atoms with Gasteiger partial charge in [-0.2, -0.15) is 9.97 Å². The largest absolute Gasteiger partial charge is 0.481 e. The Morgan fingerprint density at radius 1 is 1.03 bits per heavy atom. The first-order chi connectivity index (χ1) is 16.3. The molecule has 0 bridgehead atoms. The molecule has 0 saturated carbocycles. The number of anilines is 1. The second-order valence-corrected chi connectivity index (χ2v) is 7.30. The Morgan fingerprint density at radius 3 is 2.35 bits per heavy atom. The van der Waals surface area contributed by atoms with Crippen LogP contribution in [0.3, 0.4) is 0 Å². The molecule has 0 amide bonds. The number of nitrogens with one attached hydrogen (secondary N) is 1. The molecule has 14 heteroatoms. The Morgan fingerprint density at radius 2 is 1.74 bits per heavy atom. The fraction of sp³-hybridized carbons (Fsp3) is 0.150. The SMILES string of the molecule is Cc1cc(SOOO)ccc1Oc1nc(NC(CC(=O)O)C(=O)O)nc(Oc2ccccc2)n1. The summed E-state index contributed by atoms with van der Waals surface area (Å²) in [6.07, 6.45) is -0.718. The monoisotopic (exact) mass is 490 g/mol. The highest BCUT2D eigenvalue weighted by Gasteiger charge is 2.23. The third-order valence-corrected chi connectivity index (χ3v) is 4.61. The van der Waals surface area contributed by atoms with Crippen molar-refractivity contribution in [3.8, 4) is 23.5 Å². The summed E-state index contributed by atoms with van der Waals surface area (Å²) < 4.78 is 15.7. The number of carbonyl (C=O) groups is 2. The number of ether oxygens (including phenoxy) is 2. The quantitative estimate of drug-likeness (QED) is 0.164. The Hall–Kier alpha value is -3.98. The molecule has 1 aromatic heterocycles. The summed E-state index contributed by atoms with van der Waals surface area (Å²) in [7, 11) is 0. The molecule has 2 aromatic carbocycles. The Balaban J connectivity index is 1.90. The highest BCUT2D eigenvalue weighted by molar-refractivity contribution is 7.94. The molecule has 1 unspecified atom stereocenters. The highest BCUT2D eigenvalue weighted by Crippen LogP contribution is 2.30. The molecule has 0 radical (unpaired) electrons. The van der Waals surface area contributed by atoms with E-state index in [1.807, 2.05) is 0 Å². The van der Waals surface area contributed by atoms with Gasteiger partial charge >= 0.3 is 24.0 Å². The van der Waals surface area contributed by atoms with Crippen LogP contribution in [0.5, 0.6) is 23.5 Å². The van der Waals surface area contributed by atoms with Gasteiger partial charge in [-0.1, -0.05) is 23.2 Å². The van der Waals surface area contributed by atoms with Crippen molar-refractivity contribution in [2.24, 2.45) is 0 Å². The van der Waals surface area contributed by atoms with Gasteiger partial charge in [0.15, 0.2) is 0 Å². The lowest BCUT2D eigenvalue weighted by Crippen LogP contribution is -2.32. The molecule has 1 heterocycles. The van der Waals surface area contributed by atoms with Gasteiger partial charge < -0.3 is 25.0 Å². The fourth-order valence-electron chi connectivity index (χ4n) is 2.56. The Labute approximate surface area is 196 Å². The van der Waals surface area contributed by atoms with Crippen LogP contribution in [0.1, 0.15) is 12.0 Å². The maximum atomic E-state index is 11.4. The van der Waals surface area contributed by atoms with Gasteiger partial charge in [-0.15, -0.1) is 9.32 Å². The lowest BCUT2D eigenvalue weighted by Gasteiger charge is -2.14. The number of aryl methyl sites for hydroxylation is 1. The van der Waals surface area contributed by atoms with Crippen LogP contribution in [-0.2, 0) is 19.0 Å². The maximum absolute atomic E-state index is 11.4. The molecule has 0 aliphatic heterocycles. The lowest BCUT2D eigenvalue weighted by molar-refractivity contribution is -0.432. The Bertz CT molecular complexity index is 1150.